The summed E-state index contributed by atoms with van der Waals surface area (Å²) in [6.07, 6.45) is -4.67. The first kappa shape index (κ1) is 10.8. The van der Waals surface area contributed by atoms with Gasteiger partial charge >= 0.3 is 6.36 Å². The average molecular weight is 205 g/mol. The Morgan fingerprint density at radius 3 is 2.50 bits per heavy atom. The van der Waals surface area contributed by atoms with Gasteiger partial charge in [-0.2, -0.15) is 0 Å². The Hall–Kier alpha value is -1.23. The van der Waals surface area contributed by atoms with E-state index < -0.39 is 6.36 Å². The van der Waals surface area contributed by atoms with Crippen LogP contribution >= 0.6 is 0 Å². The third-order valence-electron chi connectivity index (χ3n) is 1.67. The van der Waals surface area contributed by atoms with Crippen molar-refractivity contribution in [2.45, 2.75) is 19.8 Å². The molecule has 0 heterocycles. The molecule has 0 fully saturated rings. The quantitative estimate of drug-likeness (QED) is 0.804. The van der Waals surface area contributed by atoms with Crippen LogP contribution in [0.2, 0.25) is 0 Å². The zero-order chi connectivity index (χ0) is 10.8. The smallest absolute Gasteiger partial charge is 0.405 e. The van der Waals surface area contributed by atoms with E-state index in [-0.39, 0.29) is 12.3 Å². The summed E-state index contributed by atoms with van der Waals surface area (Å²) in [7, 11) is 0. The van der Waals surface area contributed by atoms with Crippen molar-refractivity contribution >= 4 is 0 Å². The molecule has 5 heteroatoms. The zero-order valence-corrected chi connectivity index (χ0v) is 7.56. The standard InChI is InChI=1S/C9H10F3NO/c1-6-2-3-7(5-13)8(4-6)14-9(10,11)12/h2-4H,5,13H2,1H3. The molecular weight excluding hydrogens is 195 g/mol. The number of aryl methyl sites for hydroxylation is 1. The molecule has 2 N–H and O–H groups in total. The Labute approximate surface area is 79.5 Å². The summed E-state index contributed by atoms with van der Waals surface area (Å²) in [6, 6.07) is 4.53. The molecule has 0 aliphatic heterocycles. The highest BCUT2D eigenvalue weighted by Gasteiger charge is 2.31. The normalized spacial score (nSPS) is 11.5. The van der Waals surface area contributed by atoms with Crippen molar-refractivity contribution in [2.75, 3.05) is 0 Å². The second-order valence-corrected chi connectivity index (χ2v) is 2.86. The highest BCUT2D eigenvalue weighted by molar-refractivity contribution is 5.37. The maximum atomic E-state index is 11.9. The number of nitrogens with two attached hydrogens (primary N) is 1. The van der Waals surface area contributed by atoms with E-state index in [1.165, 1.54) is 12.1 Å². The minimum atomic E-state index is -4.67. The van der Waals surface area contributed by atoms with E-state index in [9.17, 15) is 13.2 Å². The Morgan fingerprint density at radius 1 is 1.36 bits per heavy atom. The number of benzene rings is 1. The number of halogens is 3. The number of alkyl halides is 3. The van der Waals surface area contributed by atoms with Gasteiger partial charge in [-0.25, -0.2) is 0 Å². The summed E-state index contributed by atoms with van der Waals surface area (Å²) in [5, 5.41) is 0. The van der Waals surface area contributed by atoms with E-state index in [1.807, 2.05) is 0 Å². The molecule has 0 unspecified atom stereocenters. The lowest BCUT2D eigenvalue weighted by Crippen LogP contribution is -2.18. The summed E-state index contributed by atoms with van der Waals surface area (Å²) >= 11 is 0. The molecule has 0 amide bonds. The van der Waals surface area contributed by atoms with E-state index >= 15 is 0 Å². The first-order valence-corrected chi connectivity index (χ1v) is 3.98. The summed E-state index contributed by atoms with van der Waals surface area (Å²) in [6.45, 7) is 1.70. The van der Waals surface area contributed by atoms with Crippen LogP contribution in [0.3, 0.4) is 0 Å². The number of hydrogen-bond acceptors (Lipinski definition) is 2. The Bertz CT molecular complexity index is 322. The van der Waals surface area contributed by atoms with Crippen molar-refractivity contribution in [3.05, 3.63) is 29.3 Å². The highest BCUT2D eigenvalue weighted by atomic mass is 19.4. The molecule has 0 radical (unpaired) electrons. The fourth-order valence-corrected chi connectivity index (χ4v) is 1.05. The van der Waals surface area contributed by atoms with Gasteiger partial charge in [-0.3, -0.25) is 0 Å². The number of hydrogen-bond donors (Lipinski definition) is 1. The van der Waals surface area contributed by atoms with Crippen LogP contribution in [-0.4, -0.2) is 6.36 Å². The molecule has 78 valence electrons. The monoisotopic (exact) mass is 205 g/mol. The van der Waals surface area contributed by atoms with Gasteiger partial charge in [0.15, 0.2) is 0 Å². The molecule has 2 nitrogen and oxygen atoms in total. The summed E-state index contributed by atoms with van der Waals surface area (Å²) < 4.78 is 39.6. The molecule has 14 heavy (non-hydrogen) atoms. The molecule has 0 aromatic heterocycles. The first-order valence-electron chi connectivity index (χ1n) is 3.98. The van der Waals surface area contributed by atoms with Crippen LogP contribution in [0.4, 0.5) is 13.2 Å². The van der Waals surface area contributed by atoms with Gasteiger partial charge in [0.25, 0.3) is 0 Å². The van der Waals surface area contributed by atoms with Gasteiger partial charge in [0, 0.05) is 12.1 Å². The van der Waals surface area contributed by atoms with Crippen LogP contribution < -0.4 is 10.5 Å². The second-order valence-electron chi connectivity index (χ2n) is 2.86. The third-order valence-corrected chi connectivity index (χ3v) is 1.67. The van der Waals surface area contributed by atoms with Gasteiger partial charge in [-0.05, 0) is 18.6 Å². The molecule has 1 aromatic rings. The average Bonchev–Trinajstić information content (AvgIpc) is 2.01. The van der Waals surface area contributed by atoms with Crippen molar-refractivity contribution in [3.63, 3.8) is 0 Å². The van der Waals surface area contributed by atoms with Gasteiger partial charge in [0.05, 0.1) is 0 Å². The van der Waals surface area contributed by atoms with E-state index in [0.717, 1.165) is 0 Å². The fraction of sp³-hybridized carbons (Fsp3) is 0.333. The topological polar surface area (TPSA) is 35.2 Å². The minimum Gasteiger partial charge on any atom is -0.405 e. The van der Waals surface area contributed by atoms with Crippen molar-refractivity contribution in [1.82, 2.24) is 0 Å². The van der Waals surface area contributed by atoms with Crippen molar-refractivity contribution < 1.29 is 17.9 Å². The molecule has 0 saturated carbocycles. The molecule has 0 atom stereocenters. The fourth-order valence-electron chi connectivity index (χ4n) is 1.05. The molecule has 0 spiro atoms. The number of rotatable bonds is 2. The van der Waals surface area contributed by atoms with Gasteiger partial charge < -0.3 is 10.5 Å². The summed E-state index contributed by atoms with van der Waals surface area (Å²) in [4.78, 5) is 0. The van der Waals surface area contributed by atoms with Gasteiger partial charge in [-0.15, -0.1) is 13.2 Å². The van der Waals surface area contributed by atoms with E-state index in [2.05, 4.69) is 4.74 Å². The lowest BCUT2D eigenvalue weighted by Gasteiger charge is -2.12. The maximum Gasteiger partial charge on any atom is 0.573 e. The molecular formula is C9H10F3NO. The minimum absolute atomic E-state index is 0.0195. The second kappa shape index (κ2) is 3.88. The van der Waals surface area contributed by atoms with Gasteiger partial charge in [0.2, 0.25) is 0 Å². The van der Waals surface area contributed by atoms with E-state index in [0.29, 0.717) is 11.1 Å². The predicted molar refractivity (Wildman–Crippen MR) is 45.8 cm³/mol. The van der Waals surface area contributed by atoms with Gasteiger partial charge in [0.1, 0.15) is 5.75 Å². The van der Waals surface area contributed by atoms with Crippen molar-refractivity contribution in [1.29, 1.82) is 0 Å². The Morgan fingerprint density at radius 2 is 2.00 bits per heavy atom. The molecule has 1 aromatic carbocycles. The van der Waals surface area contributed by atoms with Crippen molar-refractivity contribution in [3.8, 4) is 5.75 Å². The van der Waals surface area contributed by atoms with Crippen LogP contribution in [0.5, 0.6) is 5.75 Å². The SMILES string of the molecule is Cc1ccc(CN)c(OC(F)(F)F)c1. The van der Waals surface area contributed by atoms with Crippen LogP contribution in [0.15, 0.2) is 18.2 Å². The largest absolute Gasteiger partial charge is 0.573 e. The van der Waals surface area contributed by atoms with Crippen LogP contribution in [-0.2, 0) is 6.54 Å². The zero-order valence-electron chi connectivity index (χ0n) is 7.56. The Balaban J connectivity index is 2.99. The van der Waals surface area contributed by atoms with Crippen LogP contribution in [0.1, 0.15) is 11.1 Å². The predicted octanol–water partition coefficient (Wildman–Crippen LogP) is 2.35. The van der Waals surface area contributed by atoms with Crippen LogP contribution in [0, 0.1) is 6.92 Å². The van der Waals surface area contributed by atoms with Crippen LogP contribution in [0.25, 0.3) is 0 Å². The molecule has 0 aliphatic rings. The van der Waals surface area contributed by atoms with Gasteiger partial charge in [-0.1, -0.05) is 12.1 Å². The maximum absolute atomic E-state index is 11.9. The molecule has 0 aliphatic carbocycles. The van der Waals surface area contributed by atoms with E-state index in [4.69, 9.17) is 5.73 Å². The molecule has 0 bridgehead atoms. The van der Waals surface area contributed by atoms with E-state index in [1.54, 1.807) is 13.0 Å². The molecule has 0 saturated heterocycles. The molecule has 1 rings (SSSR count). The summed E-state index contributed by atoms with van der Waals surface area (Å²) in [5.74, 6) is -0.222. The van der Waals surface area contributed by atoms with Crippen molar-refractivity contribution in [2.24, 2.45) is 5.73 Å². The first-order chi connectivity index (χ1) is 6.42. The lowest BCUT2D eigenvalue weighted by atomic mass is 10.1. The number of ether oxygens (including phenoxy) is 1. The summed E-state index contributed by atoms with van der Waals surface area (Å²) in [5.41, 5.74) is 6.31. The third kappa shape index (κ3) is 2.92. The lowest BCUT2D eigenvalue weighted by molar-refractivity contribution is -0.274. The highest BCUT2D eigenvalue weighted by Crippen LogP contribution is 2.26. The Kier molecular flexibility index (Phi) is 3.00.